The summed E-state index contributed by atoms with van der Waals surface area (Å²) >= 11 is 0. The van der Waals surface area contributed by atoms with Gasteiger partial charge in [0.05, 0.1) is 10.5 Å². The Hall–Kier alpha value is -2.80. The number of rotatable bonds is 7. The van der Waals surface area contributed by atoms with E-state index in [1.54, 1.807) is 0 Å². The lowest BCUT2D eigenvalue weighted by atomic mass is 10.2. The maximum Gasteiger partial charge on any atom is 0.501 e. The van der Waals surface area contributed by atoms with E-state index >= 15 is 0 Å². The molecule has 1 atom stereocenters. The van der Waals surface area contributed by atoms with Crippen LogP contribution in [0.25, 0.3) is 0 Å². The van der Waals surface area contributed by atoms with Crippen LogP contribution in [-0.4, -0.2) is 44.2 Å². The molecule has 0 aliphatic carbocycles. The molecule has 0 bridgehead atoms. The van der Waals surface area contributed by atoms with Crippen molar-refractivity contribution in [3.63, 3.8) is 0 Å². The summed E-state index contributed by atoms with van der Waals surface area (Å²) in [4.78, 5) is 10.9. The Morgan fingerprint density at radius 1 is 1.03 bits per heavy atom. The Morgan fingerprint density at radius 2 is 1.65 bits per heavy atom. The Bertz CT molecular complexity index is 1020. The highest BCUT2D eigenvalue weighted by atomic mass is 32.2. The molecule has 0 aliphatic rings. The molecule has 2 aromatic carbocycles. The molecule has 2 aromatic rings. The van der Waals surface area contributed by atoms with Crippen molar-refractivity contribution in [3.05, 3.63) is 59.7 Å². The van der Waals surface area contributed by atoms with Crippen LogP contribution in [0.3, 0.4) is 0 Å². The lowest BCUT2D eigenvalue weighted by Crippen LogP contribution is -2.35. The first-order chi connectivity index (χ1) is 14.2. The summed E-state index contributed by atoms with van der Waals surface area (Å²) in [5, 5.41) is 12.0. The van der Waals surface area contributed by atoms with Gasteiger partial charge >= 0.3 is 11.7 Å². The van der Waals surface area contributed by atoms with Crippen molar-refractivity contribution in [2.24, 2.45) is 0 Å². The molecule has 13 heteroatoms. The van der Waals surface area contributed by atoms with Crippen molar-refractivity contribution in [3.8, 4) is 5.75 Å². The van der Waals surface area contributed by atoms with Crippen LogP contribution in [0.15, 0.2) is 53.4 Å². The Kier molecular flexibility index (Phi) is 7.21. The molecule has 2 rings (SSSR count). The van der Waals surface area contributed by atoms with E-state index in [1.807, 2.05) is 0 Å². The molecule has 1 unspecified atom stereocenters. The topological polar surface area (TPSA) is 92.7 Å². The number of aliphatic hydroxyl groups is 1. The van der Waals surface area contributed by atoms with Crippen LogP contribution in [0.4, 0.5) is 26.3 Å². The van der Waals surface area contributed by atoms with Crippen molar-refractivity contribution in [1.82, 2.24) is 5.32 Å². The van der Waals surface area contributed by atoms with E-state index < -0.39 is 50.6 Å². The normalized spacial score (nSPS) is 13.5. The van der Waals surface area contributed by atoms with Gasteiger partial charge in [-0.25, -0.2) is 8.42 Å². The first-order valence-electron chi connectivity index (χ1n) is 8.39. The molecule has 0 spiro atoms. The number of aliphatic hydroxyl groups excluding tert-OH is 1. The molecular formula is C18H15F6NO5S. The van der Waals surface area contributed by atoms with Crippen LogP contribution >= 0.6 is 0 Å². The molecule has 0 heterocycles. The standard InChI is InChI=1S/C18H15F6NO5S/c19-17(20,21)12-2-1-3-14(8-12)30-10-13(26)9-25-16(27)11-4-6-15(7-5-11)31(28,29)18(22,23)24/h1-8,13,26H,9-10H2,(H,25,27). The molecule has 170 valence electrons. The van der Waals surface area contributed by atoms with Crippen LogP contribution in [0.5, 0.6) is 5.75 Å². The Morgan fingerprint density at radius 3 is 2.19 bits per heavy atom. The number of sulfone groups is 1. The molecule has 31 heavy (non-hydrogen) atoms. The second-order valence-electron chi connectivity index (χ2n) is 6.17. The van der Waals surface area contributed by atoms with E-state index in [9.17, 15) is 44.7 Å². The highest BCUT2D eigenvalue weighted by Gasteiger charge is 2.46. The number of amides is 1. The first-order valence-corrected chi connectivity index (χ1v) is 9.88. The minimum Gasteiger partial charge on any atom is -0.491 e. The van der Waals surface area contributed by atoms with Gasteiger partial charge in [0.2, 0.25) is 0 Å². The fourth-order valence-corrected chi connectivity index (χ4v) is 3.01. The highest BCUT2D eigenvalue weighted by molar-refractivity contribution is 7.92. The van der Waals surface area contributed by atoms with E-state index in [2.05, 4.69) is 5.32 Å². The Labute approximate surface area is 172 Å². The molecule has 0 aromatic heterocycles. The number of carbonyl (C=O) groups excluding carboxylic acids is 1. The van der Waals surface area contributed by atoms with E-state index in [-0.39, 0.29) is 17.9 Å². The van der Waals surface area contributed by atoms with Gasteiger partial charge in [0, 0.05) is 12.1 Å². The zero-order valence-electron chi connectivity index (χ0n) is 15.4. The summed E-state index contributed by atoms with van der Waals surface area (Å²) in [5.41, 5.74) is -6.60. The van der Waals surface area contributed by atoms with E-state index in [1.165, 1.54) is 6.07 Å². The van der Waals surface area contributed by atoms with Crippen LogP contribution in [-0.2, 0) is 16.0 Å². The molecule has 2 N–H and O–H groups in total. The summed E-state index contributed by atoms with van der Waals surface area (Å²) in [6.07, 6.45) is -5.88. The smallest absolute Gasteiger partial charge is 0.491 e. The molecule has 0 fully saturated rings. The summed E-state index contributed by atoms with van der Waals surface area (Å²) in [6, 6.07) is 6.90. The predicted molar refractivity (Wildman–Crippen MR) is 95.0 cm³/mol. The van der Waals surface area contributed by atoms with Gasteiger partial charge in [-0.15, -0.1) is 0 Å². The van der Waals surface area contributed by atoms with Crippen LogP contribution in [0.1, 0.15) is 15.9 Å². The van der Waals surface area contributed by atoms with Crippen LogP contribution in [0, 0.1) is 0 Å². The van der Waals surface area contributed by atoms with Gasteiger partial charge in [0.1, 0.15) is 18.5 Å². The molecule has 0 saturated carbocycles. The van der Waals surface area contributed by atoms with Crippen LogP contribution < -0.4 is 10.1 Å². The maximum absolute atomic E-state index is 12.6. The highest BCUT2D eigenvalue weighted by Crippen LogP contribution is 2.31. The fraction of sp³-hybridized carbons (Fsp3) is 0.278. The average Bonchev–Trinajstić information content (AvgIpc) is 2.69. The van der Waals surface area contributed by atoms with Crippen molar-refractivity contribution >= 4 is 15.7 Å². The van der Waals surface area contributed by atoms with Crippen molar-refractivity contribution in [2.75, 3.05) is 13.2 Å². The molecule has 0 radical (unpaired) electrons. The number of halogens is 6. The molecule has 0 aliphatic heterocycles. The molecule has 1 amide bonds. The van der Waals surface area contributed by atoms with Gasteiger partial charge in [-0.05, 0) is 42.5 Å². The first kappa shape index (κ1) is 24.5. The third kappa shape index (κ3) is 6.34. The number of carbonyl (C=O) groups is 1. The van der Waals surface area contributed by atoms with Gasteiger partial charge < -0.3 is 15.2 Å². The van der Waals surface area contributed by atoms with Gasteiger partial charge in [-0.3, -0.25) is 4.79 Å². The summed E-state index contributed by atoms with van der Waals surface area (Å²) in [5.74, 6) is -0.976. The summed E-state index contributed by atoms with van der Waals surface area (Å²) in [6.45, 7) is -0.843. The lowest BCUT2D eigenvalue weighted by molar-refractivity contribution is -0.137. The summed E-state index contributed by atoms with van der Waals surface area (Å²) in [7, 11) is -5.55. The predicted octanol–water partition coefficient (Wildman–Crippen LogP) is 3.17. The molecule has 6 nitrogen and oxygen atoms in total. The van der Waals surface area contributed by atoms with Gasteiger partial charge in [-0.2, -0.15) is 26.3 Å². The van der Waals surface area contributed by atoms with E-state index in [4.69, 9.17) is 4.74 Å². The monoisotopic (exact) mass is 471 g/mol. The van der Waals surface area contributed by atoms with E-state index in [0.717, 1.165) is 30.3 Å². The van der Waals surface area contributed by atoms with Crippen molar-refractivity contribution in [2.45, 2.75) is 22.7 Å². The fourth-order valence-electron chi connectivity index (χ4n) is 2.25. The lowest BCUT2D eigenvalue weighted by Gasteiger charge is -2.14. The third-order valence-corrected chi connectivity index (χ3v) is 5.34. The van der Waals surface area contributed by atoms with Crippen molar-refractivity contribution in [1.29, 1.82) is 0 Å². The quantitative estimate of drug-likeness (QED) is 0.606. The number of hydrogen-bond acceptors (Lipinski definition) is 5. The zero-order chi connectivity index (χ0) is 23.4. The maximum atomic E-state index is 12.6. The molecular weight excluding hydrogens is 456 g/mol. The third-order valence-electron chi connectivity index (χ3n) is 3.83. The van der Waals surface area contributed by atoms with Gasteiger partial charge in [-0.1, -0.05) is 6.07 Å². The number of hydrogen-bond donors (Lipinski definition) is 2. The average molecular weight is 471 g/mol. The largest absolute Gasteiger partial charge is 0.501 e. The van der Waals surface area contributed by atoms with Gasteiger partial charge in [0.15, 0.2) is 0 Å². The van der Waals surface area contributed by atoms with Crippen LogP contribution in [0.2, 0.25) is 0 Å². The number of ether oxygens (including phenoxy) is 1. The number of benzene rings is 2. The second kappa shape index (κ2) is 9.14. The number of alkyl halides is 6. The van der Waals surface area contributed by atoms with E-state index in [0.29, 0.717) is 12.1 Å². The zero-order valence-corrected chi connectivity index (χ0v) is 16.2. The minimum absolute atomic E-state index is 0.151. The molecule has 0 saturated heterocycles. The summed E-state index contributed by atoms with van der Waals surface area (Å²) < 4.78 is 103. The SMILES string of the molecule is O=C(NCC(O)COc1cccc(C(F)(F)F)c1)c1ccc(S(=O)(=O)C(F)(F)F)cc1. The Balaban J connectivity index is 1.90. The second-order valence-corrected chi connectivity index (χ2v) is 8.12. The number of nitrogens with one attached hydrogen (secondary N) is 1. The minimum atomic E-state index is -5.55. The van der Waals surface area contributed by atoms with Crippen molar-refractivity contribution < 1.29 is 49.4 Å². The van der Waals surface area contributed by atoms with Gasteiger partial charge in [0.25, 0.3) is 15.7 Å².